The van der Waals surface area contributed by atoms with Gasteiger partial charge in [-0.1, -0.05) is 6.07 Å². The van der Waals surface area contributed by atoms with Crippen molar-refractivity contribution in [1.29, 1.82) is 0 Å². The molecule has 1 saturated carbocycles. The number of carboxylic acid groups (broad SMARTS) is 1. The Hall–Kier alpha value is -2.12. The molecule has 2 N–H and O–H groups in total. The molecular formula is C15H15F4NO3. The highest BCUT2D eigenvalue weighted by atomic mass is 19.4. The fourth-order valence-electron chi connectivity index (χ4n) is 2.74. The first-order valence-electron chi connectivity index (χ1n) is 7.04. The Morgan fingerprint density at radius 2 is 1.87 bits per heavy atom. The second-order valence-corrected chi connectivity index (χ2v) is 5.56. The van der Waals surface area contributed by atoms with Crippen molar-refractivity contribution >= 4 is 11.9 Å². The van der Waals surface area contributed by atoms with Gasteiger partial charge in [0.2, 0.25) is 5.91 Å². The van der Waals surface area contributed by atoms with Gasteiger partial charge in [0.1, 0.15) is 5.82 Å². The fourth-order valence-corrected chi connectivity index (χ4v) is 2.74. The van der Waals surface area contributed by atoms with Crippen molar-refractivity contribution in [2.45, 2.75) is 32.0 Å². The minimum absolute atomic E-state index is 0.177. The number of carboxylic acids is 1. The zero-order chi connectivity index (χ0) is 17.2. The van der Waals surface area contributed by atoms with Crippen LogP contribution in [0.15, 0.2) is 18.2 Å². The molecule has 0 bridgehead atoms. The molecule has 2 atom stereocenters. The van der Waals surface area contributed by atoms with Gasteiger partial charge in [-0.2, -0.15) is 13.2 Å². The van der Waals surface area contributed by atoms with Crippen molar-refractivity contribution in [3.63, 3.8) is 0 Å². The van der Waals surface area contributed by atoms with Crippen molar-refractivity contribution in [3.8, 4) is 0 Å². The van der Waals surface area contributed by atoms with Gasteiger partial charge in [0.15, 0.2) is 0 Å². The van der Waals surface area contributed by atoms with E-state index < -0.39 is 41.3 Å². The van der Waals surface area contributed by atoms with Crippen LogP contribution in [0.2, 0.25) is 0 Å². The van der Waals surface area contributed by atoms with E-state index in [9.17, 15) is 27.2 Å². The fraction of sp³-hybridized carbons (Fsp3) is 0.467. The summed E-state index contributed by atoms with van der Waals surface area (Å²) in [7, 11) is 0. The lowest BCUT2D eigenvalue weighted by molar-refractivity contribution is -0.142. The smallest absolute Gasteiger partial charge is 0.416 e. The molecule has 1 aromatic carbocycles. The molecule has 1 aromatic rings. The summed E-state index contributed by atoms with van der Waals surface area (Å²) in [5.74, 6) is -3.58. The number of hydrogen-bond donors (Lipinski definition) is 2. The van der Waals surface area contributed by atoms with Gasteiger partial charge in [-0.05, 0) is 37.0 Å². The molecule has 0 unspecified atom stereocenters. The first-order valence-corrected chi connectivity index (χ1v) is 7.04. The summed E-state index contributed by atoms with van der Waals surface area (Å²) < 4.78 is 51.5. The Kier molecular flexibility index (Phi) is 4.91. The van der Waals surface area contributed by atoms with Crippen LogP contribution in [-0.2, 0) is 22.3 Å². The molecule has 0 radical (unpaired) electrons. The summed E-state index contributed by atoms with van der Waals surface area (Å²) in [6.45, 7) is -0.387. The maximum atomic E-state index is 13.0. The SMILES string of the molecule is O=C(O)[C@@H]1CC[C@H](C(=O)NCc2ccc(F)cc2C(F)(F)F)C1. The third-order valence-electron chi connectivity index (χ3n) is 3.98. The van der Waals surface area contributed by atoms with E-state index in [-0.39, 0.29) is 18.5 Å². The Morgan fingerprint density at radius 3 is 2.43 bits per heavy atom. The number of rotatable bonds is 4. The quantitative estimate of drug-likeness (QED) is 0.833. The average molecular weight is 333 g/mol. The standard InChI is InChI=1S/C15H15F4NO3/c16-11-4-3-10(12(6-11)15(17,18)19)7-20-13(21)8-1-2-9(5-8)14(22)23/h3-4,6,8-9H,1-2,5,7H2,(H,20,21)(H,22,23)/t8-,9+/m0/s1. The molecule has 1 amide bonds. The molecule has 126 valence electrons. The van der Waals surface area contributed by atoms with Crippen LogP contribution >= 0.6 is 0 Å². The topological polar surface area (TPSA) is 66.4 Å². The number of carbonyl (C=O) groups is 2. The van der Waals surface area contributed by atoms with E-state index in [2.05, 4.69) is 5.32 Å². The summed E-state index contributed by atoms with van der Waals surface area (Å²) in [5.41, 5.74) is -1.37. The molecule has 1 aliphatic carbocycles. The van der Waals surface area contributed by atoms with Crippen molar-refractivity contribution in [3.05, 3.63) is 35.1 Å². The monoisotopic (exact) mass is 333 g/mol. The number of aliphatic carboxylic acids is 1. The summed E-state index contributed by atoms with van der Waals surface area (Å²) in [5, 5.41) is 11.3. The molecular weight excluding hydrogens is 318 g/mol. The lowest BCUT2D eigenvalue weighted by atomic mass is 10.0. The van der Waals surface area contributed by atoms with Gasteiger partial charge in [0, 0.05) is 12.5 Å². The maximum absolute atomic E-state index is 13.0. The summed E-state index contributed by atoms with van der Waals surface area (Å²) in [4.78, 5) is 22.8. The second kappa shape index (κ2) is 6.55. The molecule has 2 rings (SSSR count). The van der Waals surface area contributed by atoms with Gasteiger partial charge in [-0.25, -0.2) is 4.39 Å². The van der Waals surface area contributed by atoms with Crippen molar-refractivity contribution in [1.82, 2.24) is 5.32 Å². The van der Waals surface area contributed by atoms with E-state index in [1.165, 1.54) is 0 Å². The van der Waals surface area contributed by atoms with E-state index in [4.69, 9.17) is 5.11 Å². The zero-order valence-electron chi connectivity index (χ0n) is 12.0. The lowest BCUT2D eigenvalue weighted by Crippen LogP contribution is -2.30. The molecule has 0 aromatic heterocycles. The largest absolute Gasteiger partial charge is 0.481 e. The number of alkyl halides is 3. The van der Waals surface area contributed by atoms with Crippen LogP contribution in [0.3, 0.4) is 0 Å². The highest BCUT2D eigenvalue weighted by molar-refractivity contribution is 5.80. The Bertz CT molecular complexity index is 615. The second-order valence-electron chi connectivity index (χ2n) is 5.56. The molecule has 1 fully saturated rings. The normalized spacial score (nSPS) is 21.2. The van der Waals surface area contributed by atoms with Crippen LogP contribution < -0.4 is 5.32 Å². The van der Waals surface area contributed by atoms with Gasteiger partial charge in [-0.3, -0.25) is 9.59 Å². The van der Waals surface area contributed by atoms with Crippen LogP contribution in [-0.4, -0.2) is 17.0 Å². The highest BCUT2D eigenvalue weighted by Gasteiger charge is 2.35. The molecule has 0 heterocycles. The van der Waals surface area contributed by atoms with Crippen LogP contribution in [0.5, 0.6) is 0 Å². The predicted molar refractivity (Wildman–Crippen MR) is 71.7 cm³/mol. The highest BCUT2D eigenvalue weighted by Crippen LogP contribution is 2.33. The van der Waals surface area contributed by atoms with Gasteiger partial charge in [0.25, 0.3) is 0 Å². The minimum Gasteiger partial charge on any atom is -0.481 e. The average Bonchev–Trinajstić information content (AvgIpc) is 2.94. The number of nitrogens with one attached hydrogen (secondary N) is 1. The van der Waals surface area contributed by atoms with E-state index in [1.807, 2.05) is 0 Å². The number of halogens is 4. The molecule has 4 nitrogen and oxygen atoms in total. The van der Waals surface area contributed by atoms with Crippen molar-refractivity contribution < 1.29 is 32.3 Å². The van der Waals surface area contributed by atoms with Gasteiger partial charge in [0.05, 0.1) is 11.5 Å². The summed E-state index contributed by atoms with van der Waals surface area (Å²) in [6, 6.07) is 2.26. The summed E-state index contributed by atoms with van der Waals surface area (Å²) in [6.07, 6.45) is -3.78. The third-order valence-corrected chi connectivity index (χ3v) is 3.98. The number of hydrogen-bond acceptors (Lipinski definition) is 2. The minimum atomic E-state index is -4.72. The molecule has 1 aliphatic rings. The van der Waals surface area contributed by atoms with Gasteiger partial charge < -0.3 is 10.4 Å². The van der Waals surface area contributed by atoms with Crippen LogP contribution in [0.1, 0.15) is 30.4 Å². The molecule has 8 heteroatoms. The van der Waals surface area contributed by atoms with E-state index in [1.54, 1.807) is 0 Å². The first-order chi connectivity index (χ1) is 10.7. The number of benzene rings is 1. The summed E-state index contributed by atoms with van der Waals surface area (Å²) >= 11 is 0. The van der Waals surface area contributed by atoms with Crippen LogP contribution in [0.25, 0.3) is 0 Å². The zero-order valence-corrected chi connectivity index (χ0v) is 12.0. The maximum Gasteiger partial charge on any atom is 0.416 e. The van der Waals surface area contributed by atoms with E-state index in [0.717, 1.165) is 12.1 Å². The van der Waals surface area contributed by atoms with Crippen molar-refractivity contribution in [2.24, 2.45) is 11.8 Å². The Morgan fingerprint density at radius 1 is 1.22 bits per heavy atom. The van der Waals surface area contributed by atoms with Gasteiger partial charge >= 0.3 is 12.1 Å². The Balaban J connectivity index is 2.01. The van der Waals surface area contributed by atoms with Crippen molar-refractivity contribution in [2.75, 3.05) is 0 Å². The van der Waals surface area contributed by atoms with Crippen LogP contribution in [0.4, 0.5) is 17.6 Å². The van der Waals surface area contributed by atoms with Gasteiger partial charge in [-0.15, -0.1) is 0 Å². The third kappa shape index (κ3) is 4.20. The molecule has 0 spiro atoms. The number of carbonyl (C=O) groups excluding carboxylic acids is 1. The first kappa shape index (κ1) is 17.2. The number of amides is 1. The Labute approximate surface area is 129 Å². The predicted octanol–water partition coefficient (Wildman–Crippen LogP) is 2.96. The van der Waals surface area contributed by atoms with E-state index >= 15 is 0 Å². The van der Waals surface area contributed by atoms with Crippen LogP contribution in [0, 0.1) is 17.7 Å². The molecule has 0 aliphatic heterocycles. The molecule has 0 saturated heterocycles. The lowest BCUT2D eigenvalue weighted by Gasteiger charge is -2.15. The van der Waals surface area contributed by atoms with E-state index in [0.29, 0.717) is 18.9 Å². The molecule has 23 heavy (non-hydrogen) atoms.